The number of aliphatic carboxylic acids is 1. The molecular weight excluding hydrogens is 206 g/mol. The second-order valence-electron chi connectivity index (χ2n) is 4.07. The summed E-state index contributed by atoms with van der Waals surface area (Å²) in [5.41, 5.74) is 2.22. The zero-order valence-electron chi connectivity index (χ0n) is 9.19. The summed E-state index contributed by atoms with van der Waals surface area (Å²) in [4.78, 5) is 10.7. The van der Waals surface area contributed by atoms with Crippen LogP contribution in [0.25, 0.3) is 0 Å². The SMILES string of the molecule is COc1ccc2c(c1)CC(CC(=O)O)CN2. The third-order valence-corrected chi connectivity index (χ3v) is 2.87. The molecule has 1 aliphatic heterocycles. The number of ether oxygens (including phenoxy) is 1. The fourth-order valence-corrected chi connectivity index (χ4v) is 2.07. The first kappa shape index (κ1) is 10.8. The molecule has 0 aliphatic carbocycles. The number of carbonyl (C=O) groups is 1. The van der Waals surface area contributed by atoms with E-state index >= 15 is 0 Å². The van der Waals surface area contributed by atoms with Crippen molar-refractivity contribution in [1.29, 1.82) is 0 Å². The van der Waals surface area contributed by atoms with Crippen LogP contribution in [0.5, 0.6) is 5.75 Å². The lowest BCUT2D eigenvalue weighted by Gasteiger charge is -2.25. The summed E-state index contributed by atoms with van der Waals surface area (Å²) < 4.78 is 5.15. The van der Waals surface area contributed by atoms with Crippen LogP contribution < -0.4 is 10.1 Å². The van der Waals surface area contributed by atoms with Crippen LogP contribution >= 0.6 is 0 Å². The molecule has 1 atom stereocenters. The van der Waals surface area contributed by atoms with Gasteiger partial charge in [0.2, 0.25) is 0 Å². The summed E-state index contributed by atoms with van der Waals surface area (Å²) in [5.74, 6) is 0.242. The molecule has 2 rings (SSSR count). The van der Waals surface area contributed by atoms with Crippen molar-refractivity contribution in [2.45, 2.75) is 12.8 Å². The van der Waals surface area contributed by atoms with E-state index in [1.807, 2.05) is 18.2 Å². The average Bonchev–Trinajstić information content (AvgIpc) is 2.27. The zero-order valence-corrected chi connectivity index (χ0v) is 9.19. The van der Waals surface area contributed by atoms with Gasteiger partial charge < -0.3 is 15.2 Å². The third kappa shape index (κ3) is 2.27. The number of anilines is 1. The van der Waals surface area contributed by atoms with Crippen LogP contribution in [0, 0.1) is 5.92 Å². The molecule has 0 amide bonds. The Balaban J connectivity index is 2.14. The predicted molar refractivity (Wildman–Crippen MR) is 60.9 cm³/mol. The molecule has 16 heavy (non-hydrogen) atoms. The van der Waals surface area contributed by atoms with Gasteiger partial charge in [-0.25, -0.2) is 0 Å². The second-order valence-corrected chi connectivity index (χ2v) is 4.07. The number of nitrogens with one attached hydrogen (secondary N) is 1. The predicted octanol–water partition coefficient (Wildman–Crippen LogP) is 1.75. The summed E-state index contributed by atoms with van der Waals surface area (Å²) in [7, 11) is 1.63. The van der Waals surface area contributed by atoms with E-state index in [0.29, 0.717) is 0 Å². The fourth-order valence-electron chi connectivity index (χ4n) is 2.07. The molecule has 4 heteroatoms. The molecule has 1 heterocycles. The van der Waals surface area contributed by atoms with Crippen molar-refractivity contribution in [1.82, 2.24) is 0 Å². The molecule has 1 aliphatic rings. The van der Waals surface area contributed by atoms with Crippen molar-refractivity contribution in [2.24, 2.45) is 5.92 Å². The van der Waals surface area contributed by atoms with Crippen LogP contribution in [0.1, 0.15) is 12.0 Å². The lowest BCUT2D eigenvalue weighted by atomic mass is 9.91. The topological polar surface area (TPSA) is 58.6 Å². The van der Waals surface area contributed by atoms with Crippen LogP contribution in [0.2, 0.25) is 0 Å². The quantitative estimate of drug-likeness (QED) is 0.816. The number of carboxylic acid groups (broad SMARTS) is 1. The molecule has 0 saturated carbocycles. The first-order chi connectivity index (χ1) is 7.69. The highest BCUT2D eigenvalue weighted by Crippen LogP contribution is 2.29. The highest BCUT2D eigenvalue weighted by Gasteiger charge is 2.20. The molecule has 0 bridgehead atoms. The van der Waals surface area contributed by atoms with E-state index < -0.39 is 5.97 Å². The first-order valence-corrected chi connectivity index (χ1v) is 5.31. The van der Waals surface area contributed by atoms with Gasteiger partial charge in [-0.05, 0) is 36.1 Å². The largest absolute Gasteiger partial charge is 0.497 e. The van der Waals surface area contributed by atoms with Gasteiger partial charge in [0, 0.05) is 12.2 Å². The van der Waals surface area contributed by atoms with Crippen molar-refractivity contribution < 1.29 is 14.6 Å². The average molecular weight is 221 g/mol. The number of methoxy groups -OCH3 is 1. The molecule has 1 aromatic rings. The number of fused-ring (bicyclic) bond motifs is 1. The summed E-state index contributed by atoms with van der Waals surface area (Å²) >= 11 is 0. The minimum absolute atomic E-state index is 0.164. The molecule has 2 N–H and O–H groups in total. The maximum atomic E-state index is 10.7. The molecule has 0 fully saturated rings. The van der Waals surface area contributed by atoms with Crippen molar-refractivity contribution in [3.63, 3.8) is 0 Å². The van der Waals surface area contributed by atoms with Crippen LogP contribution in [0.3, 0.4) is 0 Å². The summed E-state index contributed by atoms with van der Waals surface area (Å²) in [6.45, 7) is 0.728. The molecule has 1 aromatic carbocycles. The lowest BCUT2D eigenvalue weighted by molar-refractivity contribution is -0.138. The highest BCUT2D eigenvalue weighted by atomic mass is 16.5. The third-order valence-electron chi connectivity index (χ3n) is 2.87. The van der Waals surface area contributed by atoms with Crippen molar-refractivity contribution >= 4 is 11.7 Å². The van der Waals surface area contributed by atoms with Gasteiger partial charge in [-0.2, -0.15) is 0 Å². The Morgan fingerprint density at radius 1 is 1.62 bits per heavy atom. The molecule has 0 spiro atoms. The molecule has 0 saturated heterocycles. The molecule has 86 valence electrons. The minimum atomic E-state index is -0.738. The Morgan fingerprint density at radius 3 is 3.12 bits per heavy atom. The van der Waals surface area contributed by atoms with Crippen LogP contribution in [0.4, 0.5) is 5.69 Å². The number of carboxylic acids is 1. The smallest absolute Gasteiger partial charge is 0.303 e. The molecule has 1 unspecified atom stereocenters. The lowest BCUT2D eigenvalue weighted by Crippen LogP contribution is -2.25. The summed E-state index contributed by atoms with van der Waals surface area (Å²) in [6.07, 6.45) is 1.01. The van der Waals surface area contributed by atoms with Crippen LogP contribution in [0.15, 0.2) is 18.2 Å². The van der Waals surface area contributed by atoms with E-state index in [0.717, 1.165) is 30.0 Å². The zero-order chi connectivity index (χ0) is 11.5. The second kappa shape index (κ2) is 4.43. The molecular formula is C12H15NO3. The van der Waals surface area contributed by atoms with Gasteiger partial charge in [0.15, 0.2) is 0 Å². The van der Waals surface area contributed by atoms with Crippen LogP contribution in [-0.2, 0) is 11.2 Å². The first-order valence-electron chi connectivity index (χ1n) is 5.31. The number of hydrogen-bond acceptors (Lipinski definition) is 3. The molecule has 0 aromatic heterocycles. The molecule has 0 radical (unpaired) electrons. The van der Waals surface area contributed by atoms with Gasteiger partial charge in [-0.15, -0.1) is 0 Å². The Labute approximate surface area is 94.2 Å². The highest BCUT2D eigenvalue weighted by molar-refractivity contribution is 5.67. The van der Waals surface area contributed by atoms with Gasteiger partial charge >= 0.3 is 5.97 Å². The minimum Gasteiger partial charge on any atom is -0.497 e. The number of rotatable bonds is 3. The Hall–Kier alpha value is -1.71. The van der Waals surface area contributed by atoms with Crippen molar-refractivity contribution in [2.75, 3.05) is 19.0 Å². The van der Waals surface area contributed by atoms with Crippen molar-refractivity contribution in [3.05, 3.63) is 23.8 Å². The van der Waals surface area contributed by atoms with Crippen molar-refractivity contribution in [3.8, 4) is 5.75 Å². The Kier molecular flexibility index (Phi) is 2.99. The van der Waals surface area contributed by atoms with Gasteiger partial charge in [0.05, 0.1) is 13.5 Å². The standard InChI is InChI=1S/C12H15NO3/c1-16-10-2-3-11-9(6-10)4-8(7-13-11)5-12(14)15/h2-3,6,8,13H,4-5,7H2,1H3,(H,14,15). The Morgan fingerprint density at radius 2 is 2.44 bits per heavy atom. The van der Waals surface area contributed by atoms with Gasteiger partial charge in [0.1, 0.15) is 5.75 Å². The maximum Gasteiger partial charge on any atom is 0.303 e. The van der Waals surface area contributed by atoms with E-state index in [-0.39, 0.29) is 12.3 Å². The van der Waals surface area contributed by atoms with E-state index in [9.17, 15) is 4.79 Å². The van der Waals surface area contributed by atoms with E-state index in [2.05, 4.69) is 5.32 Å². The van der Waals surface area contributed by atoms with E-state index in [1.165, 1.54) is 0 Å². The number of benzene rings is 1. The Bertz CT molecular complexity index is 403. The van der Waals surface area contributed by atoms with E-state index in [4.69, 9.17) is 9.84 Å². The molecule has 4 nitrogen and oxygen atoms in total. The summed E-state index contributed by atoms with van der Waals surface area (Å²) in [6, 6.07) is 5.85. The maximum absolute atomic E-state index is 10.7. The van der Waals surface area contributed by atoms with E-state index in [1.54, 1.807) is 7.11 Å². The van der Waals surface area contributed by atoms with Gasteiger partial charge in [0.25, 0.3) is 0 Å². The summed E-state index contributed by atoms with van der Waals surface area (Å²) in [5, 5.41) is 12.0. The van der Waals surface area contributed by atoms with Gasteiger partial charge in [-0.3, -0.25) is 4.79 Å². The van der Waals surface area contributed by atoms with Crippen LogP contribution in [-0.4, -0.2) is 24.7 Å². The number of hydrogen-bond donors (Lipinski definition) is 2. The monoisotopic (exact) mass is 221 g/mol. The normalized spacial score (nSPS) is 18.4. The fraction of sp³-hybridized carbons (Fsp3) is 0.417. The van der Waals surface area contributed by atoms with Gasteiger partial charge in [-0.1, -0.05) is 0 Å².